The van der Waals surface area contributed by atoms with Crippen LogP contribution < -0.4 is 5.32 Å². The molecule has 0 aromatic heterocycles. The molecule has 0 aromatic carbocycles. The zero-order chi connectivity index (χ0) is 10.8. The summed E-state index contributed by atoms with van der Waals surface area (Å²) in [7, 11) is 1.76. The summed E-state index contributed by atoms with van der Waals surface area (Å²) in [5.41, 5.74) is 0. The molecule has 0 aromatic rings. The van der Waals surface area contributed by atoms with Gasteiger partial charge < -0.3 is 15.0 Å². The summed E-state index contributed by atoms with van der Waals surface area (Å²) in [5, 5.41) is 3.50. The summed E-state index contributed by atoms with van der Waals surface area (Å²) in [6.45, 7) is 11.9. The van der Waals surface area contributed by atoms with Crippen LogP contribution in [-0.2, 0) is 4.74 Å². The first-order chi connectivity index (χ1) is 6.78. The number of rotatable bonds is 9. The molecule has 0 rings (SSSR count). The van der Waals surface area contributed by atoms with E-state index >= 15 is 0 Å². The molecule has 3 heteroatoms. The predicted molar refractivity (Wildman–Crippen MR) is 61.7 cm³/mol. The Balaban J connectivity index is 3.48. The first-order valence-electron chi connectivity index (χ1n) is 5.73. The van der Waals surface area contributed by atoms with Gasteiger partial charge in [-0.3, -0.25) is 0 Å². The normalized spacial score (nSPS) is 13.5. The Hall–Kier alpha value is -0.120. The molecule has 0 heterocycles. The maximum atomic E-state index is 5.13. The van der Waals surface area contributed by atoms with Crippen LogP contribution >= 0.6 is 0 Å². The van der Waals surface area contributed by atoms with Crippen molar-refractivity contribution in [2.75, 3.05) is 39.9 Å². The first kappa shape index (κ1) is 13.9. The van der Waals surface area contributed by atoms with E-state index in [9.17, 15) is 0 Å². The standard InChI is InChI=1S/C11H26N2O/c1-5-11(10-14-4)12-8-9-13(6-2)7-3/h11-12H,5-10H2,1-4H3. The number of methoxy groups -OCH3 is 1. The van der Waals surface area contributed by atoms with Gasteiger partial charge in [0.2, 0.25) is 0 Å². The summed E-state index contributed by atoms with van der Waals surface area (Å²) >= 11 is 0. The number of ether oxygens (including phenoxy) is 1. The molecule has 0 aliphatic heterocycles. The zero-order valence-corrected chi connectivity index (χ0v) is 10.2. The van der Waals surface area contributed by atoms with Gasteiger partial charge in [0.25, 0.3) is 0 Å². The van der Waals surface area contributed by atoms with E-state index in [4.69, 9.17) is 4.74 Å². The van der Waals surface area contributed by atoms with Crippen molar-refractivity contribution in [2.24, 2.45) is 0 Å². The minimum Gasteiger partial charge on any atom is -0.383 e. The van der Waals surface area contributed by atoms with E-state index in [1.807, 2.05) is 0 Å². The van der Waals surface area contributed by atoms with E-state index in [1.165, 1.54) is 0 Å². The molecule has 0 saturated heterocycles. The van der Waals surface area contributed by atoms with E-state index in [-0.39, 0.29) is 0 Å². The van der Waals surface area contributed by atoms with Crippen molar-refractivity contribution < 1.29 is 4.74 Å². The number of hydrogen-bond acceptors (Lipinski definition) is 3. The van der Waals surface area contributed by atoms with Crippen LogP contribution in [0, 0.1) is 0 Å². The molecule has 1 atom stereocenters. The van der Waals surface area contributed by atoms with Crippen LogP contribution in [0.1, 0.15) is 27.2 Å². The van der Waals surface area contributed by atoms with E-state index in [0.717, 1.165) is 39.2 Å². The van der Waals surface area contributed by atoms with E-state index in [0.29, 0.717) is 6.04 Å². The molecule has 0 amide bonds. The second-order valence-electron chi connectivity index (χ2n) is 3.54. The minimum absolute atomic E-state index is 0.510. The van der Waals surface area contributed by atoms with Crippen LogP contribution in [0.25, 0.3) is 0 Å². The molecule has 3 nitrogen and oxygen atoms in total. The average molecular weight is 202 g/mol. The Bertz CT molecular complexity index is 116. The van der Waals surface area contributed by atoms with E-state index in [2.05, 4.69) is 31.0 Å². The van der Waals surface area contributed by atoms with E-state index in [1.54, 1.807) is 7.11 Å². The van der Waals surface area contributed by atoms with Gasteiger partial charge in [0, 0.05) is 26.2 Å². The molecule has 0 fully saturated rings. The van der Waals surface area contributed by atoms with Gasteiger partial charge in [0.1, 0.15) is 0 Å². The lowest BCUT2D eigenvalue weighted by atomic mass is 10.2. The minimum atomic E-state index is 0.510. The van der Waals surface area contributed by atoms with Crippen LogP contribution in [0.2, 0.25) is 0 Å². The fourth-order valence-corrected chi connectivity index (χ4v) is 1.49. The number of nitrogens with one attached hydrogen (secondary N) is 1. The van der Waals surface area contributed by atoms with Crippen molar-refractivity contribution in [3.05, 3.63) is 0 Å². The summed E-state index contributed by atoms with van der Waals surface area (Å²) in [5.74, 6) is 0. The van der Waals surface area contributed by atoms with Gasteiger partial charge in [-0.1, -0.05) is 20.8 Å². The molecular formula is C11H26N2O. The highest BCUT2D eigenvalue weighted by atomic mass is 16.5. The molecule has 0 spiro atoms. The molecule has 1 N–H and O–H groups in total. The topological polar surface area (TPSA) is 24.5 Å². The van der Waals surface area contributed by atoms with Gasteiger partial charge in [-0.2, -0.15) is 0 Å². The molecule has 0 bridgehead atoms. The molecule has 0 saturated carbocycles. The number of likely N-dealkylation sites (N-methyl/N-ethyl adjacent to an activating group) is 1. The van der Waals surface area contributed by atoms with Crippen LogP contribution in [0.4, 0.5) is 0 Å². The summed E-state index contributed by atoms with van der Waals surface area (Å²) in [4.78, 5) is 2.42. The van der Waals surface area contributed by atoms with Crippen molar-refractivity contribution in [2.45, 2.75) is 33.2 Å². The molecule has 14 heavy (non-hydrogen) atoms. The lowest BCUT2D eigenvalue weighted by Gasteiger charge is -2.21. The third-order valence-corrected chi connectivity index (χ3v) is 2.62. The predicted octanol–water partition coefficient (Wildman–Crippen LogP) is 1.34. The summed E-state index contributed by atoms with van der Waals surface area (Å²) in [6, 6.07) is 0.510. The van der Waals surface area contributed by atoms with Gasteiger partial charge in [0.15, 0.2) is 0 Å². The summed E-state index contributed by atoms with van der Waals surface area (Å²) in [6.07, 6.45) is 1.13. The molecule has 86 valence electrons. The Labute approximate surface area is 88.8 Å². The van der Waals surface area contributed by atoms with Crippen LogP contribution in [0.15, 0.2) is 0 Å². The molecule has 0 aliphatic carbocycles. The highest BCUT2D eigenvalue weighted by Gasteiger charge is 2.04. The molecule has 0 radical (unpaired) electrons. The van der Waals surface area contributed by atoms with Gasteiger partial charge in [0.05, 0.1) is 6.61 Å². The van der Waals surface area contributed by atoms with Crippen molar-refractivity contribution >= 4 is 0 Å². The summed E-state index contributed by atoms with van der Waals surface area (Å²) < 4.78 is 5.13. The Morgan fingerprint density at radius 2 is 1.86 bits per heavy atom. The SMILES string of the molecule is CCC(COC)NCCN(CC)CC. The first-order valence-corrected chi connectivity index (χ1v) is 5.73. The monoisotopic (exact) mass is 202 g/mol. The van der Waals surface area contributed by atoms with Crippen LogP contribution in [0.5, 0.6) is 0 Å². The van der Waals surface area contributed by atoms with Gasteiger partial charge in [-0.15, -0.1) is 0 Å². The van der Waals surface area contributed by atoms with Crippen molar-refractivity contribution in [1.82, 2.24) is 10.2 Å². The number of hydrogen-bond donors (Lipinski definition) is 1. The highest BCUT2D eigenvalue weighted by Crippen LogP contribution is 1.91. The quantitative estimate of drug-likeness (QED) is 0.611. The van der Waals surface area contributed by atoms with Gasteiger partial charge >= 0.3 is 0 Å². The van der Waals surface area contributed by atoms with Gasteiger partial charge in [-0.05, 0) is 19.5 Å². The molecule has 1 unspecified atom stereocenters. The third kappa shape index (κ3) is 6.35. The van der Waals surface area contributed by atoms with Crippen LogP contribution in [-0.4, -0.2) is 50.8 Å². The Kier molecular flexibility index (Phi) is 9.35. The third-order valence-electron chi connectivity index (χ3n) is 2.62. The maximum absolute atomic E-state index is 5.13. The molecule has 0 aliphatic rings. The van der Waals surface area contributed by atoms with E-state index < -0.39 is 0 Å². The molecular weight excluding hydrogens is 176 g/mol. The van der Waals surface area contributed by atoms with Crippen molar-refractivity contribution in [1.29, 1.82) is 0 Å². The Morgan fingerprint density at radius 1 is 1.21 bits per heavy atom. The highest BCUT2D eigenvalue weighted by molar-refractivity contribution is 4.65. The largest absolute Gasteiger partial charge is 0.383 e. The second-order valence-corrected chi connectivity index (χ2v) is 3.54. The smallest absolute Gasteiger partial charge is 0.0615 e. The number of nitrogens with zero attached hydrogens (tertiary/aromatic N) is 1. The lowest BCUT2D eigenvalue weighted by molar-refractivity contribution is 0.162. The Morgan fingerprint density at radius 3 is 2.29 bits per heavy atom. The second kappa shape index (κ2) is 9.44. The van der Waals surface area contributed by atoms with Crippen molar-refractivity contribution in [3.8, 4) is 0 Å². The average Bonchev–Trinajstić information content (AvgIpc) is 2.23. The fourth-order valence-electron chi connectivity index (χ4n) is 1.49. The maximum Gasteiger partial charge on any atom is 0.0615 e. The van der Waals surface area contributed by atoms with Crippen LogP contribution in [0.3, 0.4) is 0 Å². The zero-order valence-electron chi connectivity index (χ0n) is 10.2. The van der Waals surface area contributed by atoms with Crippen molar-refractivity contribution in [3.63, 3.8) is 0 Å². The van der Waals surface area contributed by atoms with Gasteiger partial charge in [-0.25, -0.2) is 0 Å². The lowest BCUT2D eigenvalue weighted by Crippen LogP contribution is -2.39. The fraction of sp³-hybridized carbons (Fsp3) is 1.00.